The minimum atomic E-state index is -3.30. The molecule has 0 radical (unpaired) electrons. The number of thiazole rings is 1. The van der Waals surface area contributed by atoms with E-state index >= 15 is 0 Å². The van der Waals surface area contributed by atoms with Gasteiger partial charge >= 0.3 is 0 Å². The second kappa shape index (κ2) is 9.25. The van der Waals surface area contributed by atoms with Gasteiger partial charge in [0.15, 0.2) is 9.84 Å². The quantitative estimate of drug-likeness (QED) is 0.267. The molecule has 0 unspecified atom stereocenters. The third kappa shape index (κ3) is 4.62. The lowest BCUT2D eigenvalue weighted by molar-refractivity contribution is 0.0660. The van der Waals surface area contributed by atoms with Crippen LogP contribution in [0.2, 0.25) is 0 Å². The van der Waals surface area contributed by atoms with Crippen molar-refractivity contribution in [3.8, 4) is 0 Å². The summed E-state index contributed by atoms with van der Waals surface area (Å²) in [5, 5.41) is 12.2. The fourth-order valence-electron chi connectivity index (χ4n) is 3.89. The van der Waals surface area contributed by atoms with Crippen LogP contribution in [0, 0.1) is 6.92 Å². The third-order valence-corrected chi connectivity index (χ3v) is 7.77. The van der Waals surface area contributed by atoms with Gasteiger partial charge in [-0.3, -0.25) is 14.5 Å². The number of sulfone groups is 1. The zero-order valence-corrected chi connectivity index (χ0v) is 21.1. The van der Waals surface area contributed by atoms with Crippen molar-refractivity contribution in [2.75, 3.05) is 24.7 Å². The van der Waals surface area contributed by atoms with Gasteiger partial charge in [-0.2, -0.15) is 0 Å². The van der Waals surface area contributed by atoms with Gasteiger partial charge in [0, 0.05) is 25.0 Å². The summed E-state index contributed by atoms with van der Waals surface area (Å²) in [6, 6.07) is 17.2. The van der Waals surface area contributed by atoms with E-state index in [-0.39, 0.29) is 23.3 Å². The number of nitrogens with one attached hydrogen (secondary N) is 1. The van der Waals surface area contributed by atoms with Crippen molar-refractivity contribution in [3.63, 3.8) is 0 Å². The SMILES string of the molecule is Cc1cc(NCCN2C(=O)c3ccccc3C2=O)ccc1N=Nc1nc2ccc(S(C)(=O)=O)cc2s1. The molecule has 3 aromatic carbocycles. The summed E-state index contributed by atoms with van der Waals surface area (Å²) in [6.45, 7) is 2.57. The lowest BCUT2D eigenvalue weighted by atomic mass is 10.1. The van der Waals surface area contributed by atoms with Gasteiger partial charge < -0.3 is 5.32 Å². The Labute approximate surface area is 211 Å². The molecule has 1 N–H and O–H groups in total. The summed E-state index contributed by atoms with van der Waals surface area (Å²) in [7, 11) is -3.30. The summed E-state index contributed by atoms with van der Waals surface area (Å²) in [6.07, 6.45) is 1.17. The number of azo groups is 1. The zero-order chi connectivity index (χ0) is 25.4. The molecule has 0 fully saturated rings. The predicted octanol–water partition coefficient (Wildman–Crippen LogP) is 5.13. The van der Waals surface area contributed by atoms with Crippen LogP contribution in [0.4, 0.5) is 16.5 Å². The summed E-state index contributed by atoms with van der Waals surface area (Å²) in [4.78, 5) is 30.8. The standard InChI is InChI=1S/C25H21N5O4S2/c1-15-13-16(26-11-12-30-23(31)18-5-3-4-6-19(18)24(30)32)7-9-20(15)28-29-25-27-21-10-8-17(36(2,33)34)14-22(21)35-25/h3-10,13-14,26H,11-12H2,1-2H3. The molecule has 4 aromatic rings. The maximum Gasteiger partial charge on any atom is 0.261 e. The van der Waals surface area contributed by atoms with Crippen LogP contribution in [0.3, 0.4) is 0 Å². The molecular weight excluding hydrogens is 498 g/mol. The van der Waals surface area contributed by atoms with Crippen LogP contribution in [0.5, 0.6) is 0 Å². The zero-order valence-electron chi connectivity index (χ0n) is 19.4. The van der Waals surface area contributed by atoms with Crippen LogP contribution >= 0.6 is 11.3 Å². The number of benzene rings is 3. The molecule has 1 aliphatic rings. The van der Waals surface area contributed by atoms with E-state index < -0.39 is 9.84 Å². The molecule has 0 saturated heterocycles. The Morgan fingerprint density at radius 1 is 0.972 bits per heavy atom. The number of fused-ring (bicyclic) bond motifs is 2. The fourth-order valence-corrected chi connectivity index (χ4v) is 5.44. The number of aryl methyl sites for hydroxylation is 1. The van der Waals surface area contributed by atoms with Crippen LogP contribution in [0.25, 0.3) is 10.2 Å². The molecule has 0 aliphatic carbocycles. The highest BCUT2D eigenvalue weighted by Crippen LogP contribution is 2.32. The molecule has 11 heteroatoms. The lowest BCUT2D eigenvalue weighted by Crippen LogP contribution is -2.34. The summed E-state index contributed by atoms with van der Waals surface area (Å²) in [5.74, 6) is -0.543. The van der Waals surface area contributed by atoms with E-state index in [1.54, 1.807) is 36.4 Å². The number of carbonyl (C=O) groups excluding carboxylic acids is 2. The number of nitrogens with zero attached hydrogens (tertiary/aromatic N) is 4. The van der Waals surface area contributed by atoms with Gasteiger partial charge in [-0.1, -0.05) is 23.5 Å². The Bertz CT molecular complexity index is 1630. The second-order valence-corrected chi connectivity index (χ2v) is 11.4. The molecule has 0 saturated carbocycles. The van der Waals surface area contributed by atoms with E-state index in [1.807, 2.05) is 25.1 Å². The maximum absolute atomic E-state index is 12.5. The summed E-state index contributed by atoms with van der Waals surface area (Å²) >= 11 is 1.27. The number of hydrogen-bond acceptors (Lipinski definition) is 9. The Hall–Kier alpha value is -3.96. The van der Waals surface area contributed by atoms with E-state index in [4.69, 9.17) is 0 Å². The number of amides is 2. The third-order valence-electron chi connectivity index (χ3n) is 5.76. The second-order valence-electron chi connectivity index (χ2n) is 8.33. The largest absolute Gasteiger partial charge is 0.383 e. The van der Waals surface area contributed by atoms with Crippen LogP contribution in [-0.2, 0) is 9.84 Å². The van der Waals surface area contributed by atoms with Crippen molar-refractivity contribution in [2.45, 2.75) is 11.8 Å². The molecule has 2 heterocycles. The van der Waals surface area contributed by atoms with Crippen LogP contribution < -0.4 is 5.32 Å². The molecule has 9 nitrogen and oxygen atoms in total. The molecule has 0 spiro atoms. The molecule has 0 atom stereocenters. The number of imide groups is 1. The molecule has 0 bridgehead atoms. The number of carbonyl (C=O) groups is 2. The minimum absolute atomic E-state index is 0.240. The Kier molecular flexibility index (Phi) is 6.10. The van der Waals surface area contributed by atoms with Gasteiger partial charge in [0.25, 0.3) is 11.8 Å². The van der Waals surface area contributed by atoms with Crippen molar-refractivity contribution in [2.24, 2.45) is 10.2 Å². The van der Waals surface area contributed by atoms with Crippen LogP contribution in [-0.4, -0.2) is 49.5 Å². The van der Waals surface area contributed by atoms with Crippen molar-refractivity contribution in [1.82, 2.24) is 9.88 Å². The van der Waals surface area contributed by atoms with Crippen molar-refractivity contribution in [3.05, 3.63) is 77.4 Å². The minimum Gasteiger partial charge on any atom is -0.383 e. The Balaban J connectivity index is 1.23. The van der Waals surface area contributed by atoms with Crippen LogP contribution in [0.1, 0.15) is 26.3 Å². The first-order chi connectivity index (χ1) is 17.2. The summed E-state index contributed by atoms with van der Waals surface area (Å²) < 4.78 is 24.3. The number of anilines is 1. The average molecular weight is 520 g/mol. The van der Waals surface area contributed by atoms with Crippen molar-refractivity contribution in [1.29, 1.82) is 0 Å². The van der Waals surface area contributed by atoms with E-state index in [0.29, 0.717) is 34.0 Å². The number of aromatic nitrogens is 1. The molecule has 1 aliphatic heterocycles. The normalized spacial score (nSPS) is 13.7. The first-order valence-corrected chi connectivity index (χ1v) is 13.7. The smallest absolute Gasteiger partial charge is 0.261 e. The molecule has 1 aromatic heterocycles. The van der Waals surface area contributed by atoms with Gasteiger partial charge in [-0.05, 0) is 61.0 Å². The predicted molar refractivity (Wildman–Crippen MR) is 138 cm³/mol. The van der Waals surface area contributed by atoms with E-state index in [0.717, 1.165) is 16.0 Å². The van der Waals surface area contributed by atoms with E-state index in [1.165, 1.54) is 28.6 Å². The van der Waals surface area contributed by atoms with E-state index in [9.17, 15) is 18.0 Å². The highest BCUT2D eigenvalue weighted by atomic mass is 32.2. The molecule has 2 amide bonds. The van der Waals surface area contributed by atoms with Gasteiger partial charge in [0.05, 0.1) is 31.9 Å². The van der Waals surface area contributed by atoms with Gasteiger partial charge in [0.2, 0.25) is 5.13 Å². The fraction of sp³-hybridized carbons (Fsp3) is 0.160. The van der Waals surface area contributed by atoms with E-state index in [2.05, 4.69) is 20.5 Å². The number of rotatable bonds is 7. The van der Waals surface area contributed by atoms with Crippen molar-refractivity contribution >= 4 is 59.7 Å². The molecule has 5 rings (SSSR count). The van der Waals surface area contributed by atoms with Gasteiger partial charge in [-0.25, -0.2) is 13.4 Å². The van der Waals surface area contributed by atoms with Crippen LogP contribution in [0.15, 0.2) is 75.8 Å². The maximum atomic E-state index is 12.5. The monoisotopic (exact) mass is 519 g/mol. The average Bonchev–Trinajstić information content (AvgIpc) is 3.36. The Morgan fingerprint density at radius 3 is 2.36 bits per heavy atom. The molecular formula is C25H21N5O4S2. The topological polar surface area (TPSA) is 121 Å². The highest BCUT2D eigenvalue weighted by Gasteiger charge is 2.34. The number of hydrogen-bond donors (Lipinski definition) is 1. The van der Waals surface area contributed by atoms with Gasteiger partial charge in [-0.15, -0.1) is 10.2 Å². The highest BCUT2D eigenvalue weighted by molar-refractivity contribution is 7.90. The molecule has 36 heavy (non-hydrogen) atoms. The summed E-state index contributed by atoms with van der Waals surface area (Å²) in [5.41, 5.74) is 3.92. The van der Waals surface area contributed by atoms with Crippen molar-refractivity contribution < 1.29 is 18.0 Å². The first kappa shape index (κ1) is 23.8. The molecule has 182 valence electrons. The van der Waals surface area contributed by atoms with Gasteiger partial charge in [0.1, 0.15) is 0 Å². The first-order valence-electron chi connectivity index (χ1n) is 11.0. The Morgan fingerprint density at radius 2 is 1.69 bits per heavy atom. The lowest BCUT2D eigenvalue weighted by Gasteiger charge is -2.15.